The molecular weight excluding hydrogens is 244 g/mol. The van der Waals surface area contributed by atoms with Gasteiger partial charge in [-0.2, -0.15) is 0 Å². The number of anilines is 1. The van der Waals surface area contributed by atoms with Crippen molar-refractivity contribution < 1.29 is 18.3 Å². The average molecular weight is 259 g/mol. The second-order valence-electron chi connectivity index (χ2n) is 3.62. The monoisotopic (exact) mass is 259 g/mol. The van der Waals surface area contributed by atoms with Crippen molar-refractivity contribution in [2.75, 3.05) is 25.5 Å². The summed E-state index contributed by atoms with van der Waals surface area (Å²) in [4.78, 5) is 15.7. The van der Waals surface area contributed by atoms with Crippen LogP contribution in [0, 0.1) is 6.92 Å². The molecule has 7 heteroatoms. The molecule has 0 fully saturated rings. The molecule has 0 atom stereocenters. The van der Waals surface area contributed by atoms with Crippen LogP contribution in [-0.2, 0) is 4.74 Å². The van der Waals surface area contributed by atoms with E-state index in [4.69, 9.17) is 5.73 Å². The minimum absolute atomic E-state index is 0.0326. The van der Waals surface area contributed by atoms with E-state index in [9.17, 15) is 13.6 Å². The molecule has 1 rings (SSSR count). The molecule has 1 amide bonds. The van der Waals surface area contributed by atoms with Gasteiger partial charge in [-0.25, -0.2) is 8.78 Å². The fraction of sp³-hybridized carbons (Fsp3) is 0.455. The summed E-state index contributed by atoms with van der Waals surface area (Å²) in [6.07, 6.45) is -1.04. The molecule has 0 aliphatic heterocycles. The van der Waals surface area contributed by atoms with Gasteiger partial charge in [-0.15, -0.1) is 0 Å². The first-order valence-electron chi connectivity index (χ1n) is 5.37. The number of carbonyl (C=O) groups is 1. The number of rotatable bonds is 6. The molecule has 100 valence electrons. The lowest BCUT2D eigenvalue weighted by atomic mass is 10.2. The lowest BCUT2D eigenvalue weighted by Crippen LogP contribution is -2.28. The van der Waals surface area contributed by atoms with Crippen LogP contribution in [0.1, 0.15) is 16.1 Å². The lowest BCUT2D eigenvalue weighted by Gasteiger charge is -2.08. The number of halogens is 2. The molecule has 0 aromatic carbocycles. The molecule has 0 bridgehead atoms. The Hall–Kier alpha value is -1.76. The largest absolute Gasteiger partial charge is 0.397 e. The summed E-state index contributed by atoms with van der Waals surface area (Å²) in [5, 5.41) is 2.54. The van der Waals surface area contributed by atoms with Gasteiger partial charge >= 0.3 is 0 Å². The minimum Gasteiger partial charge on any atom is -0.397 e. The predicted molar refractivity (Wildman–Crippen MR) is 62.5 cm³/mol. The number of ether oxygens (including phenoxy) is 1. The summed E-state index contributed by atoms with van der Waals surface area (Å²) in [5.41, 5.74) is 6.83. The van der Waals surface area contributed by atoms with Crippen molar-refractivity contribution in [1.29, 1.82) is 0 Å². The number of nitrogens with zero attached hydrogens (tertiary/aromatic N) is 1. The predicted octanol–water partition coefficient (Wildman–Crippen LogP) is 0.984. The fourth-order valence-electron chi connectivity index (χ4n) is 1.28. The standard InChI is InChI=1S/C11H15F2N3O2/c1-7-9(4-8(14)5-16-7)11(17)15-2-3-18-6-10(12)13/h4-5,10H,2-3,6,14H2,1H3,(H,15,17). The van der Waals surface area contributed by atoms with E-state index in [0.717, 1.165) is 0 Å². The summed E-state index contributed by atoms with van der Waals surface area (Å²) in [6.45, 7) is 1.24. The normalized spacial score (nSPS) is 10.7. The van der Waals surface area contributed by atoms with Crippen LogP contribution >= 0.6 is 0 Å². The number of nitrogens with two attached hydrogens (primary N) is 1. The number of nitrogen functional groups attached to an aromatic ring is 1. The van der Waals surface area contributed by atoms with Crippen LogP contribution in [0.3, 0.4) is 0 Å². The van der Waals surface area contributed by atoms with Crippen molar-refractivity contribution in [1.82, 2.24) is 10.3 Å². The van der Waals surface area contributed by atoms with E-state index in [0.29, 0.717) is 16.9 Å². The molecule has 3 N–H and O–H groups in total. The molecular formula is C11H15F2N3O2. The number of hydrogen-bond donors (Lipinski definition) is 2. The third-order valence-corrected chi connectivity index (χ3v) is 2.13. The highest BCUT2D eigenvalue weighted by Crippen LogP contribution is 2.08. The molecule has 1 aromatic heterocycles. The zero-order chi connectivity index (χ0) is 13.5. The molecule has 0 aliphatic carbocycles. The van der Waals surface area contributed by atoms with Crippen LogP contribution < -0.4 is 11.1 Å². The van der Waals surface area contributed by atoms with Crippen molar-refractivity contribution in [2.24, 2.45) is 0 Å². The van der Waals surface area contributed by atoms with E-state index >= 15 is 0 Å². The van der Waals surface area contributed by atoms with Crippen molar-refractivity contribution in [3.05, 3.63) is 23.5 Å². The van der Waals surface area contributed by atoms with Gasteiger partial charge in [0.25, 0.3) is 12.3 Å². The fourth-order valence-corrected chi connectivity index (χ4v) is 1.28. The maximum atomic E-state index is 11.7. The maximum absolute atomic E-state index is 11.7. The zero-order valence-electron chi connectivity index (χ0n) is 9.95. The Balaban J connectivity index is 2.39. The van der Waals surface area contributed by atoms with Gasteiger partial charge in [0.05, 0.1) is 29.7 Å². The Labute approximate surface area is 103 Å². The highest BCUT2D eigenvalue weighted by molar-refractivity contribution is 5.95. The number of aromatic nitrogens is 1. The van der Waals surface area contributed by atoms with Crippen LogP contribution in [0.2, 0.25) is 0 Å². The molecule has 1 aromatic rings. The van der Waals surface area contributed by atoms with E-state index in [1.165, 1.54) is 12.3 Å². The Morgan fingerprint density at radius 1 is 1.61 bits per heavy atom. The molecule has 0 radical (unpaired) electrons. The van der Waals surface area contributed by atoms with Gasteiger partial charge in [0.1, 0.15) is 6.61 Å². The number of aryl methyl sites for hydroxylation is 1. The highest BCUT2D eigenvalue weighted by Gasteiger charge is 2.10. The quantitative estimate of drug-likeness (QED) is 0.747. The van der Waals surface area contributed by atoms with E-state index in [2.05, 4.69) is 15.0 Å². The second-order valence-corrected chi connectivity index (χ2v) is 3.62. The topological polar surface area (TPSA) is 77.2 Å². The minimum atomic E-state index is -2.50. The van der Waals surface area contributed by atoms with Crippen molar-refractivity contribution in [3.8, 4) is 0 Å². The van der Waals surface area contributed by atoms with Gasteiger partial charge in [0, 0.05) is 6.54 Å². The summed E-state index contributed by atoms with van der Waals surface area (Å²) in [6, 6.07) is 1.51. The molecule has 0 unspecified atom stereocenters. The molecule has 1 heterocycles. The van der Waals surface area contributed by atoms with Crippen LogP contribution in [-0.4, -0.2) is 37.1 Å². The second kappa shape index (κ2) is 6.85. The first-order valence-corrected chi connectivity index (χ1v) is 5.37. The number of alkyl halides is 2. The molecule has 0 saturated carbocycles. The number of pyridine rings is 1. The number of hydrogen-bond acceptors (Lipinski definition) is 4. The van der Waals surface area contributed by atoms with E-state index < -0.39 is 13.0 Å². The molecule has 0 saturated heterocycles. The SMILES string of the molecule is Cc1ncc(N)cc1C(=O)NCCOCC(F)F. The summed E-state index contributed by atoms with van der Waals surface area (Å²) in [7, 11) is 0. The van der Waals surface area contributed by atoms with Crippen molar-refractivity contribution >= 4 is 11.6 Å². The first-order chi connectivity index (χ1) is 8.50. The van der Waals surface area contributed by atoms with Crippen LogP contribution in [0.5, 0.6) is 0 Å². The number of carbonyl (C=O) groups excluding carboxylic acids is 1. The number of amides is 1. The highest BCUT2D eigenvalue weighted by atomic mass is 19.3. The van der Waals surface area contributed by atoms with Crippen molar-refractivity contribution in [2.45, 2.75) is 13.3 Å². The van der Waals surface area contributed by atoms with E-state index in [-0.39, 0.29) is 19.1 Å². The van der Waals surface area contributed by atoms with Crippen molar-refractivity contribution in [3.63, 3.8) is 0 Å². The van der Waals surface area contributed by atoms with Gasteiger partial charge in [0.15, 0.2) is 0 Å². The lowest BCUT2D eigenvalue weighted by molar-refractivity contribution is 0.0188. The Morgan fingerprint density at radius 3 is 3.00 bits per heavy atom. The molecule has 18 heavy (non-hydrogen) atoms. The summed E-state index contributed by atoms with van der Waals surface area (Å²) in [5.74, 6) is -0.354. The van der Waals surface area contributed by atoms with Crippen LogP contribution in [0.25, 0.3) is 0 Å². The Morgan fingerprint density at radius 2 is 2.33 bits per heavy atom. The van der Waals surface area contributed by atoms with Gasteiger partial charge in [-0.05, 0) is 13.0 Å². The van der Waals surface area contributed by atoms with Gasteiger partial charge in [-0.3, -0.25) is 9.78 Å². The molecule has 0 aliphatic rings. The first kappa shape index (κ1) is 14.3. The van der Waals surface area contributed by atoms with E-state index in [1.807, 2.05) is 0 Å². The van der Waals surface area contributed by atoms with Crippen LogP contribution in [0.4, 0.5) is 14.5 Å². The maximum Gasteiger partial charge on any atom is 0.261 e. The molecule has 0 spiro atoms. The number of nitrogens with one attached hydrogen (secondary N) is 1. The smallest absolute Gasteiger partial charge is 0.261 e. The molecule has 5 nitrogen and oxygen atoms in total. The summed E-state index contributed by atoms with van der Waals surface area (Å²) < 4.78 is 28.1. The van der Waals surface area contributed by atoms with Crippen LogP contribution in [0.15, 0.2) is 12.3 Å². The third kappa shape index (κ3) is 4.62. The Kier molecular flexibility index (Phi) is 5.44. The Bertz CT molecular complexity index is 413. The third-order valence-electron chi connectivity index (χ3n) is 2.13. The van der Waals surface area contributed by atoms with E-state index in [1.54, 1.807) is 6.92 Å². The average Bonchev–Trinajstić information content (AvgIpc) is 2.31. The van der Waals surface area contributed by atoms with Gasteiger partial charge in [-0.1, -0.05) is 0 Å². The van der Waals surface area contributed by atoms with Gasteiger partial charge < -0.3 is 15.8 Å². The summed E-state index contributed by atoms with van der Waals surface area (Å²) >= 11 is 0. The zero-order valence-corrected chi connectivity index (χ0v) is 9.95. The van der Waals surface area contributed by atoms with Gasteiger partial charge in [0.2, 0.25) is 0 Å².